The summed E-state index contributed by atoms with van der Waals surface area (Å²) in [6, 6.07) is 27.6. The van der Waals surface area contributed by atoms with Gasteiger partial charge in [-0.25, -0.2) is 4.98 Å². The largest absolute Gasteiger partial charge is 0.496 e. The normalized spacial score (nSPS) is 14.4. The van der Waals surface area contributed by atoms with E-state index in [4.69, 9.17) is 4.74 Å². The summed E-state index contributed by atoms with van der Waals surface area (Å²) in [6.45, 7) is 2.02. The molecule has 0 aliphatic carbocycles. The number of nitrogens with zero attached hydrogens (tertiary/aromatic N) is 2. The Bertz CT molecular complexity index is 1310. The molecule has 0 bridgehead atoms. The number of hydrogen-bond donors (Lipinski definition) is 1. The molecule has 5 rings (SSSR count). The first-order valence-electron chi connectivity index (χ1n) is 11.1. The average Bonchev–Trinajstić information content (AvgIpc) is 3.27. The maximum atomic E-state index is 13.7. The maximum absolute atomic E-state index is 13.7. The number of hydrogen-bond acceptors (Lipinski definition) is 5. The number of amides is 1. The van der Waals surface area contributed by atoms with E-state index in [2.05, 4.69) is 16.4 Å². The van der Waals surface area contributed by atoms with E-state index in [9.17, 15) is 4.79 Å². The molecule has 5 nitrogen and oxygen atoms in total. The molecule has 3 aromatic carbocycles. The molecule has 0 saturated heterocycles. The highest BCUT2D eigenvalue weighted by atomic mass is 32.2. The van der Waals surface area contributed by atoms with E-state index in [1.54, 1.807) is 25.1 Å². The fourth-order valence-corrected chi connectivity index (χ4v) is 4.96. The first-order valence-corrected chi connectivity index (χ1v) is 12.1. The second-order valence-corrected chi connectivity index (χ2v) is 9.13. The third-order valence-electron chi connectivity index (χ3n) is 5.86. The molecule has 4 aromatic rings. The number of nitrogens with one attached hydrogen (secondary N) is 1. The van der Waals surface area contributed by atoms with Crippen LogP contribution in [0.3, 0.4) is 0 Å². The van der Waals surface area contributed by atoms with Crippen molar-refractivity contribution < 1.29 is 9.53 Å². The quantitative estimate of drug-likeness (QED) is 0.330. The van der Waals surface area contributed by atoms with Crippen LogP contribution in [0.2, 0.25) is 0 Å². The minimum absolute atomic E-state index is 0.0392. The number of aromatic nitrogens is 1. The van der Waals surface area contributed by atoms with E-state index in [0.717, 1.165) is 38.8 Å². The molecule has 1 N–H and O–H groups in total. The van der Waals surface area contributed by atoms with E-state index >= 15 is 0 Å². The van der Waals surface area contributed by atoms with Crippen molar-refractivity contribution in [2.24, 2.45) is 0 Å². The number of anilines is 2. The number of thioether (sulfide) groups is 1. The standard InChI is InChI=1S/C28H25N3O2S/c1-19-10-12-20(13-11-19)28(32)31-24-8-4-3-7-23(24)30-27(31)21-14-15-25(33-2)22(17-21)18-34-26-9-5-6-16-29-26/h3-17,27,30H,18H2,1-2H3. The number of ether oxygens (including phenoxy) is 1. The van der Waals surface area contributed by atoms with Crippen molar-refractivity contribution >= 4 is 29.0 Å². The highest BCUT2D eigenvalue weighted by Crippen LogP contribution is 2.43. The topological polar surface area (TPSA) is 54.5 Å². The van der Waals surface area contributed by atoms with Crippen molar-refractivity contribution in [3.8, 4) is 5.75 Å². The maximum Gasteiger partial charge on any atom is 0.260 e. The zero-order valence-electron chi connectivity index (χ0n) is 19.1. The molecule has 170 valence electrons. The van der Waals surface area contributed by atoms with Gasteiger partial charge in [-0.2, -0.15) is 0 Å². The van der Waals surface area contributed by atoms with Gasteiger partial charge in [-0.05, 0) is 61.0 Å². The Morgan fingerprint density at radius 2 is 1.82 bits per heavy atom. The van der Waals surface area contributed by atoms with Gasteiger partial charge in [-0.15, -0.1) is 11.8 Å². The Labute approximate surface area is 203 Å². The highest BCUT2D eigenvalue weighted by Gasteiger charge is 2.35. The van der Waals surface area contributed by atoms with Gasteiger partial charge >= 0.3 is 0 Å². The summed E-state index contributed by atoms with van der Waals surface area (Å²) in [5.41, 5.74) is 5.64. The molecule has 0 radical (unpaired) electrons. The van der Waals surface area contributed by atoms with Gasteiger partial charge in [0.25, 0.3) is 5.91 Å². The van der Waals surface area contributed by atoms with Crippen LogP contribution in [0.1, 0.15) is 33.2 Å². The minimum atomic E-state index is -0.323. The number of pyridine rings is 1. The Hall–Kier alpha value is -3.77. The van der Waals surface area contributed by atoms with E-state index in [1.807, 2.05) is 90.7 Å². The van der Waals surface area contributed by atoms with E-state index < -0.39 is 0 Å². The summed E-state index contributed by atoms with van der Waals surface area (Å²) in [5.74, 6) is 1.49. The number of carbonyl (C=O) groups is 1. The van der Waals surface area contributed by atoms with Gasteiger partial charge in [-0.3, -0.25) is 9.69 Å². The number of methoxy groups -OCH3 is 1. The van der Waals surface area contributed by atoms with Crippen LogP contribution < -0.4 is 15.0 Å². The predicted octanol–water partition coefficient (Wildman–Crippen LogP) is 6.46. The molecule has 0 fully saturated rings. The van der Waals surface area contributed by atoms with Gasteiger partial charge in [0.1, 0.15) is 11.9 Å². The number of rotatable bonds is 6. The number of carbonyl (C=O) groups excluding carboxylic acids is 1. The summed E-state index contributed by atoms with van der Waals surface area (Å²) in [7, 11) is 1.68. The van der Waals surface area contributed by atoms with Gasteiger partial charge in [0.2, 0.25) is 0 Å². The van der Waals surface area contributed by atoms with Crippen molar-refractivity contribution in [3.05, 3.63) is 113 Å². The summed E-state index contributed by atoms with van der Waals surface area (Å²) < 4.78 is 5.63. The van der Waals surface area contributed by atoms with Crippen LogP contribution in [0, 0.1) is 6.92 Å². The molecule has 1 atom stereocenters. The Kier molecular flexibility index (Phi) is 6.23. The lowest BCUT2D eigenvalue weighted by Crippen LogP contribution is -2.34. The average molecular weight is 468 g/mol. The zero-order chi connectivity index (χ0) is 23.5. The molecular weight excluding hydrogens is 442 g/mol. The Morgan fingerprint density at radius 1 is 1.03 bits per heavy atom. The Balaban J connectivity index is 1.49. The smallest absolute Gasteiger partial charge is 0.260 e. The van der Waals surface area contributed by atoms with E-state index in [0.29, 0.717) is 11.3 Å². The second kappa shape index (κ2) is 9.61. The molecule has 1 aliphatic heterocycles. The molecule has 1 amide bonds. The third-order valence-corrected chi connectivity index (χ3v) is 6.86. The van der Waals surface area contributed by atoms with Crippen molar-refractivity contribution in [2.45, 2.75) is 23.9 Å². The summed E-state index contributed by atoms with van der Waals surface area (Å²) >= 11 is 1.65. The monoisotopic (exact) mass is 467 g/mol. The van der Waals surface area contributed by atoms with Gasteiger partial charge in [0.05, 0.1) is 23.5 Å². The molecule has 1 unspecified atom stereocenters. The molecule has 0 spiro atoms. The highest BCUT2D eigenvalue weighted by molar-refractivity contribution is 7.98. The predicted molar refractivity (Wildman–Crippen MR) is 138 cm³/mol. The van der Waals surface area contributed by atoms with Gasteiger partial charge in [0, 0.05) is 23.1 Å². The SMILES string of the molecule is COc1ccc(C2Nc3ccccc3N2C(=O)c2ccc(C)cc2)cc1CSc1ccccn1. The van der Waals surface area contributed by atoms with Gasteiger partial charge < -0.3 is 10.1 Å². The minimum Gasteiger partial charge on any atom is -0.496 e. The van der Waals surface area contributed by atoms with Crippen molar-refractivity contribution in [3.63, 3.8) is 0 Å². The molecule has 1 aromatic heterocycles. The molecule has 6 heteroatoms. The number of fused-ring (bicyclic) bond motifs is 1. The Morgan fingerprint density at radius 3 is 2.59 bits per heavy atom. The molecule has 1 aliphatic rings. The fraction of sp³-hybridized carbons (Fsp3) is 0.143. The van der Waals surface area contributed by atoms with Crippen LogP contribution >= 0.6 is 11.8 Å². The number of aryl methyl sites for hydroxylation is 1. The van der Waals surface area contributed by atoms with Crippen molar-refractivity contribution in [2.75, 3.05) is 17.3 Å². The van der Waals surface area contributed by atoms with Crippen LogP contribution in [0.25, 0.3) is 0 Å². The van der Waals surface area contributed by atoms with Crippen LogP contribution in [0.15, 0.2) is 96.2 Å². The van der Waals surface area contributed by atoms with Crippen molar-refractivity contribution in [1.29, 1.82) is 0 Å². The number of benzene rings is 3. The van der Waals surface area contributed by atoms with Crippen LogP contribution in [-0.4, -0.2) is 18.0 Å². The van der Waals surface area contributed by atoms with Gasteiger partial charge in [-0.1, -0.05) is 42.0 Å². The van der Waals surface area contributed by atoms with E-state index in [-0.39, 0.29) is 12.1 Å². The molecular formula is C28H25N3O2S. The molecule has 0 saturated carbocycles. The lowest BCUT2D eigenvalue weighted by Gasteiger charge is -2.26. The van der Waals surface area contributed by atoms with E-state index in [1.165, 1.54) is 0 Å². The summed E-state index contributed by atoms with van der Waals surface area (Å²) in [4.78, 5) is 19.9. The summed E-state index contributed by atoms with van der Waals surface area (Å²) in [6.07, 6.45) is 1.47. The molecule has 2 heterocycles. The fourth-order valence-electron chi connectivity index (χ4n) is 4.12. The third kappa shape index (κ3) is 4.37. The molecule has 34 heavy (non-hydrogen) atoms. The van der Waals surface area contributed by atoms with Crippen LogP contribution in [0.5, 0.6) is 5.75 Å². The number of para-hydroxylation sites is 2. The first kappa shape index (κ1) is 22.0. The van der Waals surface area contributed by atoms with Crippen LogP contribution in [0.4, 0.5) is 11.4 Å². The first-order chi connectivity index (χ1) is 16.6. The lowest BCUT2D eigenvalue weighted by atomic mass is 10.1. The lowest BCUT2D eigenvalue weighted by molar-refractivity contribution is 0.0981. The zero-order valence-corrected chi connectivity index (χ0v) is 19.9. The summed E-state index contributed by atoms with van der Waals surface area (Å²) in [5, 5.41) is 4.50. The second-order valence-electron chi connectivity index (χ2n) is 8.13. The van der Waals surface area contributed by atoms with Crippen LogP contribution in [-0.2, 0) is 5.75 Å². The van der Waals surface area contributed by atoms with Gasteiger partial charge in [0.15, 0.2) is 0 Å². The van der Waals surface area contributed by atoms with Crippen molar-refractivity contribution in [1.82, 2.24) is 4.98 Å².